The first-order valence-corrected chi connectivity index (χ1v) is 5.64. The van der Waals surface area contributed by atoms with Crippen molar-refractivity contribution in [2.24, 2.45) is 0 Å². The van der Waals surface area contributed by atoms with Crippen LogP contribution in [-0.4, -0.2) is 47.1 Å². The number of H-pyrrole nitrogens is 1. The summed E-state index contributed by atoms with van der Waals surface area (Å²) < 4.78 is 0. The van der Waals surface area contributed by atoms with Crippen LogP contribution in [0.4, 0.5) is 5.82 Å². The first kappa shape index (κ1) is 11.6. The summed E-state index contributed by atoms with van der Waals surface area (Å²) in [6.07, 6.45) is 1.42. The lowest BCUT2D eigenvalue weighted by molar-refractivity contribution is 0.231. The number of nitrogens with zero attached hydrogens (tertiary/aromatic N) is 4. The quantitative estimate of drug-likeness (QED) is 0.765. The molecule has 2 rings (SSSR count). The van der Waals surface area contributed by atoms with Crippen LogP contribution < -0.4 is 10.5 Å². The topological polar surface area (TPSA) is 76.0 Å². The van der Waals surface area contributed by atoms with E-state index in [1.165, 1.54) is 12.4 Å². The van der Waals surface area contributed by atoms with Crippen LogP contribution in [0.2, 0.25) is 0 Å². The molecule has 6 heteroatoms. The number of nitriles is 1. The van der Waals surface area contributed by atoms with Crippen molar-refractivity contribution in [3.8, 4) is 6.07 Å². The summed E-state index contributed by atoms with van der Waals surface area (Å²) in [7, 11) is 0. The number of anilines is 1. The van der Waals surface area contributed by atoms with E-state index in [1.54, 1.807) is 0 Å². The first-order valence-electron chi connectivity index (χ1n) is 5.64. The lowest BCUT2D eigenvalue weighted by Gasteiger charge is -2.36. The Balaban J connectivity index is 2.00. The molecule has 0 amide bonds. The van der Waals surface area contributed by atoms with Crippen molar-refractivity contribution >= 4 is 5.82 Å². The van der Waals surface area contributed by atoms with E-state index in [2.05, 4.69) is 25.8 Å². The third kappa shape index (κ3) is 2.63. The van der Waals surface area contributed by atoms with Crippen LogP contribution in [0, 0.1) is 11.3 Å². The van der Waals surface area contributed by atoms with Gasteiger partial charge in [-0.1, -0.05) is 0 Å². The molecule has 1 aliphatic rings. The maximum Gasteiger partial charge on any atom is 0.252 e. The van der Waals surface area contributed by atoms with Gasteiger partial charge in [-0.15, -0.1) is 0 Å². The van der Waals surface area contributed by atoms with Gasteiger partial charge in [0.05, 0.1) is 18.4 Å². The van der Waals surface area contributed by atoms with Crippen LogP contribution >= 0.6 is 0 Å². The van der Waals surface area contributed by atoms with E-state index < -0.39 is 0 Å². The molecule has 90 valence electrons. The zero-order valence-electron chi connectivity index (χ0n) is 9.76. The number of aromatic amines is 1. The minimum atomic E-state index is -0.136. The van der Waals surface area contributed by atoms with E-state index in [9.17, 15) is 4.79 Å². The number of nitrogens with one attached hydrogen (secondary N) is 1. The highest BCUT2D eigenvalue weighted by molar-refractivity contribution is 5.37. The average molecular weight is 233 g/mol. The predicted octanol–water partition coefficient (Wildman–Crippen LogP) is -0.196. The van der Waals surface area contributed by atoms with E-state index in [1.807, 2.05) is 6.92 Å². The summed E-state index contributed by atoms with van der Waals surface area (Å²) in [4.78, 5) is 22.0. The molecule has 1 aliphatic heterocycles. The van der Waals surface area contributed by atoms with Crippen LogP contribution in [0.25, 0.3) is 0 Å². The van der Waals surface area contributed by atoms with Gasteiger partial charge in [-0.3, -0.25) is 9.69 Å². The summed E-state index contributed by atoms with van der Waals surface area (Å²) in [6.45, 7) is 5.14. The van der Waals surface area contributed by atoms with Gasteiger partial charge in [0.15, 0.2) is 0 Å². The molecule has 1 saturated heterocycles. The molecule has 1 unspecified atom stereocenters. The Morgan fingerprint density at radius 1 is 1.47 bits per heavy atom. The second-order valence-electron chi connectivity index (χ2n) is 4.10. The van der Waals surface area contributed by atoms with Crippen molar-refractivity contribution in [3.63, 3.8) is 0 Å². The zero-order chi connectivity index (χ0) is 12.3. The fourth-order valence-electron chi connectivity index (χ4n) is 1.95. The van der Waals surface area contributed by atoms with Crippen LogP contribution in [0.3, 0.4) is 0 Å². The predicted molar refractivity (Wildman–Crippen MR) is 63.7 cm³/mol. The fourth-order valence-corrected chi connectivity index (χ4v) is 1.95. The van der Waals surface area contributed by atoms with Crippen molar-refractivity contribution in [1.29, 1.82) is 5.26 Å². The number of rotatable bonds is 2. The second kappa shape index (κ2) is 4.97. The molecule has 1 atom stereocenters. The van der Waals surface area contributed by atoms with Gasteiger partial charge in [0.2, 0.25) is 0 Å². The SMILES string of the molecule is CC(C#N)N1CCN(c2cc(=O)[nH]cn2)CC1. The second-order valence-corrected chi connectivity index (χ2v) is 4.10. The van der Waals surface area contributed by atoms with Gasteiger partial charge in [-0.25, -0.2) is 4.98 Å². The summed E-state index contributed by atoms with van der Waals surface area (Å²) in [5.41, 5.74) is -0.136. The Bertz CT molecular complexity index is 469. The van der Waals surface area contributed by atoms with E-state index in [0.717, 1.165) is 26.2 Å². The van der Waals surface area contributed by atoms with Crippen LogP contribution in [0.1, 0.15) is 6.92 Å². The highest BCUT2D eigenvalue weighted by Crippen LogP contribution is 2.11. The fraction of sp³-hybridized carbons (Fsp3) is 0.545. The molecule has 6 nitrogen and oxygen atoms in total. The molecule has 0 bridgehead atoms. The summed E-state index contributed by atoms with van der Waals surface area (Å²) in [5, 5.41) is 8.84. The molecule has 0 spiro atoms. The Morgan fingerprint density at radius 3 is 2.76 bits per heavy atom. The summed E-state index contributed by atoms with van der Waals surface area (Å²) in [6, 6.07) is 3.69. The highest BCUT2D eigenvalue weighted by Gasteiger charge is 2.21. The standard InChI is InChI=1S/C11H15N5O/c1-9(7-12)15-2-4-16(5-3-15)10-6-11(17)14-8-13-10/h6,8-9H,2-5H2,1H3,(H,13,14,17). The monoisotopic (exact) mass is 233 g/mol. The van der Waals surface area contributed by atoms with Gasteiger partial charge in [-0.2, -0.15) is 5.26 Å². The lowest BCUT2D eigenvalue weighted by atomic mass is 10.2. The number of hydrogen-bond donors (Lipinski definition) is 1. The van der Waals surface area contributed by atoms with Gasteiger partial charge >= 0.3 is 0 Å². The third-order valence-electron chi connectivity index (χ3n) is 3.04. The van der Waals surface area contributed by atoms with Gasteiger partial charge in [0.1, 0.15) is 5.82 Å². The van der Waals surface area contributed by atoms with E-state index >= 15 is 0 Å². The molecule has 0 aromatic carbocycles. The highest BCUT2D eigenvalue weighted by atomic mass is 16.1. The maximum absolute atomic E-state index is 11.2. The normalized spacial score (nSPS) is 18.7. The molecule has 1 N–H and O–H groups in total. The largest absolute Gasteiger partial charge is 0.354 e. The minimum absolute atomic E-state index is 0.0516. The lowest BCUT2D eigenvalue weighted by Crippen LogP contribution is -2.49. The molecule has 17 heavy (non-hydrogen) atoms. The van der Waals surface area contributed by atoms with Gasteiger partial charge in [0.25, 0.3) is 5.56 Å². The molecule has 0 aliphatic carbocycles. The minimum Gasteiger partial charge on any atom is -0.354 e. The molecule has 1 aromatic heterocycles. The Hall–Kier alpha value is -1.87. The van der Waals surface area contributed by atoms with Crippen molar-refractivity contribution in [2.75, 3.05) is 31.1 Å². The molecule has 0 radical (unpaired) electrons. The Kier molecular flexibility index (Phi) is 3.40. The zero-order valence-corrected chi connectivity index (χ0v) is 9.76. The molecular formula is C11H15N5O. The van der Waals surface area contributed by atoms with Crippen molar-refractivity contribution in [2.45, 2.75) is 13.0 Å². The molecule has 1 fully saturated rings. The number of hydrogen-bond acceptors (Lipinski definition) is 5. The van der Waals surface area contributed by atoms with Crippen molar-refractivity contribution in [1.82, 2.24) is 14.9 Å². The van der Waals surface area contributed by atoms with Gasteiger partial charge in [-0.05, 0) is 6.92 Å². The summed E-state index contributed by atoms with van der Waals surface area (Å²) >= 11 is 0. The molecule has 0 saturated carbocycles. The maximum atomic E-state index is 11.2. The van der Waals surface area contributed by atoms with Crippen LogP contribution in [0.15, 0.2) is 17.2 Å². The van der Waals surface area contributed by atoms with Gasteiger partial charge in [0, 0.05) is 32.2 Å². The van der Waals surface area contributed by atoms with E-state index in [-0.39, 0.29) is 11.6 Å². The number of piperazine rings is 1. The average Bonchev–Trinajstić information content (AvgIpc) is 2.38. The third-order valence-corrected chi connectivity index (χ3v) is 3.04. The molecular weight excluding hydrogens is 218 g/mol. The van der Waals surface area contributed by atoms with Crippen LogP contribution in [-0.2, 0) is 0 Å². The van der Waals surface area contributed by atoms with Crippen LogP contribution in [0.5, 0.6) is 0 Å². The molecule has 2 heterocycles. The Labute approximate surface area is 99.5 Å². The van der Waals surface area contributed by atoms with Crippen molar-refractivity contribution < 1.29 is 0 Å². The Morgan fingerprint density at radius 2 is 2.18 bits per heavy atom. The van der Waals surface area contributed by atoms with E-state index in [0.29, 0.717) is 5.82 Å². The molecule has 1 aromatic rings. The smallest absolute Gasteiger partial charge is 0.252 e. The summed E-state index contributed by atoms with van der Waals surface area (Å²) in [5.74, 6) is 0.706. The first-order chi connectivity index (χ1) is 8.20. The van der Waals surface area contributed by atoms with E-state index in [4.69, 9.17) is 5.26 Å². The van der Waals surface area contributed by atoms with Crippen molar-refractivity contribution in [3.05, 3.63) is 22.7 Å². The van der Waals surface area contributed by atoms with Gasteiger partial charge < -0.3 is 9.88 Å². The number of aromatic nitrogens is 2.